The van der Waals surface area contributed by atoms with E-state index in [-0.39, 0.29) is 13.2 Å². The first-order valence-electron chi connectivity index (χ1n) is 5.00. The number of para-hydroxylation sites is 2. The van der Waals surface area contributed by atoms with E-state index in [1.807, 2.05) is 25.1 Å². The van der Waals surface area contributed by atoms with E-state index in [0.717, 1.165) is 0 Å². The first-order valence-corrected chi connectivity index (χ1v) is 5.00. The van der Waals surface area contributed by atoms with Crippen LogP contribution in [0.2, 0.25) is 0 Å². The summed E-state index contributed by atoms with van der Waals surface area (Å²) in [5.41, 5.74) is 5.27. The zero-order chi connectivity index (χ0) is 11.1. The Morgan fingerprint density at radius 1 is 1.27 bits per heavy atom. The average Bonchev–Trinajstić information content (AvgIpc) is 2.28. The van der Waals surface area contributed by atoms with Crippen LogP contribution in [-0.2, 0) is 0 Å². The molecule has 3 N–H and O–H groups in total. The van der Waals surface area contributed by atoms with Gasteiger partial charge in [-0.05, 0) is 19.1 Å². The Balaban J connectivity index is 2.58. The van der Waals surface area contributed by atoms with Gasteiger partial charge in [-0.2, -0.15) is 0 Å². The number of ether oxygens (including phenoxy) is 2. The lowest BCUT2D eigenvalue weighted by Gasteiger charge is -2.13. The number of aliphatic hydroxyl groups is 1. The first-order chi connectivity index (χ1) is 7.27. The lowest BCUT2D eigenvalue weighted by Crippen LogP contribution is -2.26. The van der Waals surface area contributed by atoms with Crippen LogP contribution < -0.4 is 15.2 Å². The summed E-state index contributed by atoms with van der Waals surface area (Å²) < 4.78 is 10.8. The van der Waals surface area contributed by atoms with Gasteiger partial charge in [0, 0.05) is 6.54 Å². The maximum atomic E-state index is 9.25. The molecular weight excluding hydrogens is 194 g/mol. The molecule has 4 nitrogen and oxygen atoms in total. The monoisotopic (exact) mass is 211 g/mol. The Bertz CT molecular complexity index is 291. The third kappa shape index (κ3) is 3.77. The number of hydrogen-bond acceptors (Lipinski definition) is 4. The van der Waals surface area contributed by atoms with Crippen LogP contribution >= 0.6 is 0 Å². The minimum absolute atomic E-state index is 0.181. The Morgan fingerprint density at radius 2 is 1.87 bits per heavy atom. The van der Waals surface area contributed by atoms with Gasteiger partial charge in [0.2, 0.25) is 0 Å². The van der Waals surface area contributed by atoms with Gasteiger partial charge in [0.05, 0.1) is 6.61 Å². The summed E-state index contributed by atoms with van der Waals surface area (Å²) in [6.45, 7) is 2.86. The van der Waals surface area contributed by atoms with Crippen molar-refractivity contribution in [1.29, 1.82) is 0 Å². The molecule has 0 aliphatic heterocycles. The predicted molar refractivity (Wildman–Crippen MR) is 58.2 cm³/mol. The smallest absolute Gasteiger partial charge is 0.161 e. The summed E-state index contributed by atoms with van der Waals surface area (Å²) in [7, 11) is 0. The van der Waals surface area contributed by atoms with Gasteiger partial charge >= 0.3 is 0 Å². The molecule has 84 valence electrons. The lowest BCUT2D eigenvalue weighted by molar-refractivity contribution is 0.112. The topological polar surface area (TPSA) is 64.7 Å². The molecule has 0 saturated carbocycles. The highest BCUT2D eigenvalue weighted by Gasteiger charge is 2.06. The van der Waals surface area contributed by atoms with Crippen LogP contribution in [0.15, 0.2) is 24.3 Å². The number of nitrogens with two attached hydrogens (primary N) is 1. The summed E-state index contributed by atoms with van der Waals surface area (Å²) in [6.07, 6.45) is -0.639. The van der Waals surface area contributed by atoms with Crippen molar-refractivity contribution in [3.63, 3.8) is 0 Å². The molecule has 1 atom stereocenters. The highest BCUT2D eigenvalue weighted by Crippen LogP contribution is 2.26. The van der Waals surface area contributed by atoms with Crippen molar-refractivity contribution >= 4 is 0 Å². The SMILES string of the molecule is CCOc1ccccc1OC[C@@H](O)CN. The Labute approximate surface area is 89.6 Å². The van der Waals surface area contributed by atoms with Gasteiger partial charge in [0.25, 0.3) is 0 Å². The van der Waals surface area contributed by atoms with Crippen LogP contribution in [-0.4, -0.2) is 31.0 Å². The van der Waals surface area contributed by atoms with Crippen LogP contribution in [0, 0.1) is 0 Å². The van der Waals surface area contributed by atoms with E-state index in [9.17, 15) is 5.11 Å². The number of benzene rings is 1. The fraction of sp³-hybridized carbons (Fsp3) is 0.455. The van der Waals surface area contributed by atoms with Crippen molar-refractivity contribution < 1.29 is 14.6 Å². The molecule has 1 rings (SSSR count). The molecule has 1 aromatic carbocycles. The van der Waals surface area contributed by atoms with E-state index in [0.29, 0.717) is 18.1 Å². The summed E-state index contributed by atoms with van der Waals surface area (Å²) >= 11 is 0. The lowest BCUT2D eigenvalue weighted by atomic mass is 10.3. The molecule has 0 radical (unpaired) electrons. The predicted octanol–water partition coefficient (Wildman–Crippen LogP) is 0.784. The van der Waals surface area contributed by atoms with Gasteiger partial charge in [-0.15, -0.1) is 0 Å². The van der Waals surface area contributed by atoms with Crippen molar-refractivity contribution in [2.24, 2.45) is 5.73 Å². The Morgan fingerprint density at radius 3 is 2.40 bits per heavy atom. The second kappa shape index (κ2) is 6.27. The average molecular weight is 211 g/mol. The Hall–Kier alpha value is -1.26. The van der Waals surface area contributed by atoms with Crippen LogP contribution in [0.5, 0.6) is 11.5 Å². The van der Waals surface area contributed by atoms with Crippen molar-refractivity contribution in [2.45, 2.75) is 13.0 Å². The third-order valence-electron chi connectivity index (χ3n) is 1.85. The van der Waals surface area contributed by atoms with E-state index >= 15 is 0 Å². The van der Waals surface area contributed by atoms with Crippen LogP contribution in [0.4, 0.5) is 0 Å². The molecule has 0 amide bonds. The van der Waals surface area contributed by atoms with Gasteiger partial charge in [-0.3, -0.25) is 0 Å². The molecule has 0 spiro atoms. The van der Waals surface area contributed by atoms with Crippen molar-refractivity contribution in [1.82, 2.24) is 0 Å². The van der Waals surface area contributed by atoms with Crippen LogP contribution in [0.25, 0.3) is 0 Å². The van der Waals surface area contributed by atoms with Gasteiger partial charge in [-0.1, -0.05) is 12.1 Å². The fourth-order valence-corrected chi connectivity index (χ4v) is 1.10. The molecule has 4 heteroatoms. The molecule has 0 aliphatic rings. The highest BCUT2D eigenvalue weighted by atomic mass is 16.5. The van der Waals surface area contributed by atoms with E-state index in [2.05, 4.69) is 0 Å². The van der Waals surface area contributed by atoms with Crippen molar-refractivity contribution in [2.75, 3.05) is 19.8 Å². The van der Waals surface area contributed by atoms with Crippen molar-refractivity contribution in [3.05, 3.63) is 24.3 Å². The molecular formula is C11H17NO3. The molecule has 15 heavy (non-hydrogen) atoms. The standard InChI is InChI=1S/C11H17NO3/c1-2-14-10-5-3-4-6-11(10)15-8-9(13)7-12/h3-6,9,13H,2,7-8,12H2,1H3/t9-/m0/s1. The summed E-state index contributed by atoms with van der Waals surface area (Å²) in [5.74, 6) is 1.32. The van der Waals surface area contributed by atoms with E-state index in [1.54, 1.807) is 6.07 Å². The third-order valence-corrected chi connectivity index (χ3v) is 1.85. The van der Waals surface area contributed by atoms with E-state index in [4.69, 9.17) is 15.2 Å². The minimum atomic E-state index is -0.639. The fourth-order valence-electron chi connectivity index (χ4n) is 1.10. The molecule has 0 saturated heterocycles. The molecule has 0 bridgehead atoms. The molecule has 0 aromatic heterocycles. The summed E-state index contributed by atoms with van der Waals surface area (Å²) in [4.78, 5) is 0. The Kier molecular flexibility index (Phi) is 4.93. The molecule has 1 aromatic rings. The van der Waals surface area contributed by atoms with E-state index in [1.165, 1.54) is 0 Å². The number of aliphatic hydroxyl groups excluding tert-OH is 1. The van der Waals surface area contributed by atoms with Gasteiger partial charge < -0.3 is 20.3 Å². The zero-order valence-electron chi connectivity index (χ0n) is 8.85. The quantitative estimate of drug-likeness (QED) is 0.730. The second-order valence-corrected chi connectivity index (χ2v) is 3.08. The summed E-state index contributed by atoms with van der Waals surface area (Å²) in [6, 6.07) is 7.35. The maximum absolute atomic E-state index is 9.25. The highest BCUT2D eigenvalue weighted by molar-refractivity contribution is 5.39. The molecule has 0 heterocycles. The zero-order valence-corrected chi connectivity index (χ0v) is 8.85. The number of rotatable bonds is 6. The maximum Gasteiger partial charge on any atom is 0.161 e. The van der Waals surface area contributed by atoms with E-state index < -0.39 is 6.10 Å². The molecule has 0 fully saturated rings. The van der Waals surface area contributed by atoms with Gasteiger partial charge in [0.1, 0.15) is 12.7 Å². The van der Waals surface area contributed by atoms with Crippen LogP contribution in [0.1, 0.15) is 6.92 Å². The first kappa shape index (κ1) is 11.8. The van der Waals surface area contributed by atoms with Crippen LogP contribution in [0.3, 0.4) is 0 Å². The molecule has 0 unspecified atom stereocenters. The van der Waals surface area contributed by atoms with Gasteiger partial charge in [-0.25, -0.2) is 0 Å². The van der Waals surface area contributed by atoms with Gasteiger partial charge in [0.15, 0.2) is 11.5 Å². The molecule has 0 aliphatic carbocycles. The summed E-state index contributed by atoms with van der Waals surface area (Å²) in [5, 5.41) is 9.25. The minimum Gasteiger partial charge on any atom is -0.490 e. The normalized spacial score (nSPS) is 12.2. The second-order valence-electron chi connectivity index (χ2n) is 3.08. The largest absolute Gasteiger partial charge is 0.490 e. The van der Waals surface area contributed by atoms with Crippen molar-refractivity contribution in [3.8, 4) is 11.5 Å². The number of hydrogen-bond donors (Lipinski definition) is 2.